The highest BCUT2D eigenvalue weighted by molar-refractivity contribution is 6.01. The summed E-state index contributed by atoms with van der Waals surface area (Å²) in [5, 5.41) is 7.47. The Hall–Kier alpha value is -2.69. The molecule has 2 unspecified atom stereocenters. The number of esters is 1. The predicted molar refractivity (Wildman–Crippen MR) is 113 cm³/mol. The van der Waals surface area contributed by atoms with Crippen molar-refractivity contribution < 1.29 is 9.53 Å². The lowest BCUT2D eigenvalue weighted by Crippen LogP contribution is -2.39. The van der Waals surface area contributed by atoms with Gasteiger partial charge in [0.2, 0.25) is 0 Å². The second-order valence-electron chi connectivity index (χ2n) is 8.28. The summed E-state index contributed by atoms with van der Waals surface area (Å²) in [6, 6.07) is 2.00. The zero-order chi connectivity index (χ0) is 19.5. The SMILES string of the molecule is CCOC(=O)c1cc2c(c3c1CCC1(C=C4CC=CC=C4C1)N3)NC(C)N2C. The van der Waals surface area contributed by atoms with Gasteiger partial charge in [0.25, 0.3) is 0 Å². The second kappa shape index (κ2) is 6.16. The molecule has 146 valence electrons. The van der Waals surface area contributed by atoms with Crippen molar-refractivity contribution in [1.29, 1.82) is 0 Å². The van der Waals surface area contributed by atoms with Crippen LogP contribution >= 0.6 is 0 Å². The summed E-state index contributed by atoms with van der Waals surface area (Å²) in [6.45, 7) is 4.38. The molecule has 5 rings (SSSR count). The van der Waals surface area contributed by atoms with Crippen LogP contribution in [0.25, 0.3) is 0 Å². The summed E-state index contributed by atoms with van der Waals surface area (Å²) in [5.41, 5.74) is 7.84. The molecule has 28 heavy (non-hydrogen) atoms. The number of hydrogen-bond donors (Lipinski definition) is 2. The van der Waals surface area contributed by atoms with Gasteiger partial charge in [-0.25, -0.2) is 4.79 Å². The van der Waals surface area contributed by atoms with Crippen molar-refractivity contribution in [3.63, 3.8) is 0 Å². The molecule has 0 bridgehead atoms. The zero-order valence-corrected chi connectivity index (χ0v) is 16.8. The monoisotopic (exact) mass is 377 g/mol. The van der Waals surface area contributed by atoms with Gasteiger partial charge in [-0.15, -0.1) is 0 Å². The number of carbonyl (C=O) groups excluding carboxylic acids is 1. The normalized spacial score (nSPS) is 26.7. The van der Waals surface area contributed by atoms with E-state index < -0.39 is 0 Å². The van der Waals surface area contributed by atoms with Gasteiger partial charge in [-0.05, 0) is 62.3 Å². The van der Waals surface area contributed by atoms with Crippen LogP contribution in [0.3, 0.4) is 0 Å². The largest absolute Gasteiger partial charge is 0.462 e. The molecule has 2 aliphatic carbocycles. The molecule has 0 saturated carbocycles. The van der Waals surface area contributed by atoms with Gasteiger partial charge in [0.15, 0.2) is 0 Å². The first-order chi connectivity index (χ1) is 13.5. The third kappa shape index (κ3) is 2.49. The maximum atomic E-state index is 12.7. The fraction of sp³-hybridized carbons (Fsp3) is 0.435. The minimum atomic E-state index is -0.224. The van der Waals surface area contributed by atoms with Crippen LogP contribution in [0.4, 0.5) is 17.1 Å². The van der Waals surface area contributed by atoms with Crippen molar-refractivity contribution >= 4 is 23.0 Å². The van der Waals surface area contributed by atoms with Gasteiger partial charge >= 0.3 is 5.97 Å². The Morgan fingerprint density at radius 1 is 1.36 bits per heavy atom. The molecule has 0 aromatic heterocycles. The van der Waals surface area contributed by atoms with Crippen LogP contribution in [0.5, 0.6) is 0 Å². The molecular formula is C23H27N3O2. The van der Waals surface area contributed by atoms with Gasteiger partial charge in [-0.2, -0.15) is 0 Å². The molecule has 2 N–H and O–H groups in total. The number of benzene rings is 1. The highest BCUT2D eigenvalue weighted by Gasteiger charge is 2.42. The van der Waals surface area contributed by atoms with E-state index >= 15 is 0 Å². The average Bonchev–Trinajstić information content (AvgIpc) is 3.18. The minimum absolute atomic E-state index is 0.0622. The Bertz CT molecular complexity index is 959. The molecule has 0 fully saturated rings. The number of anilines is 3. The number of fused-ring (bicyclic) bond motifs is 4. The summed E-state index contributed by atoms with van der Waals surface area (Å²) in [5.74, 6) is -0.224. The Balaban J connectivity index is 1.61. The number of rotatable bonds is 2. The van der Waals surface area contributed by atoms with Crippen molar-refractivity contribution in [1.82, 2.24) is 0 Å². The van der Waals surface area contributed by atoms with Gasteiger partial charge in [0.05, 0.1) is 40.9 Å². The highest BCUT2D eigenvalue weighted by Crippen LogP contribution is 2.51. The van der Waals surface area contributed by atoms with Crippen LogP contribution < -0.4 is 15.5 Å². The first kappa shape index (κ1) is 17.4. The third-order valence-corrected chi connectivity index (χ3v) is 6.56. The summed E-state index contributed by atoms with van der Waals surface area (Å²) in [6.07, 6.45) is 13.1. The molecule has 2 heterocycles. The van der Waals surface area contributed by atoms with Crippen LogP contribution in [-0.4, -0.2) is 31.3 Å². The van der Waals surface area contributed by atoms with Gasteiger partial charge in [0, 0.05) is 7.05 Å². The molecule has 0 saturated heterocycles. The average molecular weight is 377 g/mol. The van der Waals surface area contributed by atoms with Crippen molar-refractivity contribution in [2.24, 2.45) is 0 Å². The van der Waals surface area contributed by atoms with E-state index in [-0.39, 0.29) is 17.7 Å². The van der Waals surface area contributed by atoms with E-state index in [4.69, 9.17) is 4.74 Å². The van der Waals surface area contributed by atoms with Crippen molar-refractivity contribution in [2.75, 3.05) is 29.2 Å². The molecule has 0 amide bonds. The molecule has 0 radical (unpaired) electrons. The topological polar surface area (TPSA) is 53.6 Å². The standard InChI is InChI=1S/C23H27N3O2/c1-4-28-22(27)18-11-19-21(24-14(2)26(19)3)20-17(18)9-10-23(25-20)12-15-7-5-6-8-16(15)13-23/h5-7,11,13-14,24-25H,4,8-10,12H2,1-3H3. The molecule has 5 nitrogen and oxygen atoms in total. The number of carbonyl (C=O) groups is 1. The Labute approximate surface area is 166 Å². The van der Waals surface area contributed by atoms with Crippen LogP contribution in [0.2, 0.25) is 0 Å². The quantitative estimate of drug-likeness (QED) is 0.749. The smallest absolute Gasteiger partial charge is 0.338 e. The molecule has 5 heteroatoms. The third-order valence-electron chi connectivity index (χ3n) is 6.56. The van der Waals surface area contributed by atoms with E-state index in [1.165, 1.54) is 11.1 Å². The summed E-state index contributed by atoms with van der Waals surface area (Å²) in [4.78, 5) is 14.9. The fourth-order valence-electron chi connectivity index (χ4n) is 5.00. The van der Waals surface area contributed by atoms with Crippen molar-refractivity contribution in [3.05, 3.63) is 52.6 Å². The van der Waals surface area contributed by atoms with E-state index in [2.05, 4.69) is 53.8 Å². The maximum Gasteiger partial charge on any atom is 0.338 e. The van der Waals surface area contributed by atoms with Crippen molar-refractivity contribution in [2.45, 2.75) is 51.2 Å². The molecule has 2 atom stereocenters. The summed E-state index contributed by atoms with van der Waals surface area (Å²) >= 11 is 0. The number of allylic oxidation sites excluding steroid dienone is 4. The maximum absolute atomic E-state index is 12.7. The zero-order valence-electron chi connectivity index (χ0n) is 16.8. The summed E-state index contributed by atoms with van der Waals surface area (Å²) < 4.78 is 5.38. The van der Waals surface area contributed by atoms with Crippen LogP contribution in [0.1, 0.15) is 49.0 Å². The van der Waals surface area contributed by atoms with Gasteiger partial charge < -0.3 is 20.3 Å². The molecule has 2 aliphatic heterocycles. The molecular weight excluding hydrogens is 350 g/mol. The first-order valence-electron chi connectivity index (χ1n) is 10.2. The number of ether oxygens (including phenoxy) is 1. The number of hydrogen-bond acceptors (Lipinski definition) is 5. The lowest BCUT2D eigenvalue weighted by atomic mass is 9.82. The second-order valence-corrected chi connectivity index (χ2v) is 8.28. The Morgan fingerprint density at radius 2 is 2.21 bits per heavy atom. The first-order valence-corrected chi connectivity index (χ1v) is 10.2. The van der Waals surface area contributed by atoms with Crippen LogP contribution in [-0.2, 0) is 11.2 Å². The summed E-state index contributed by atoms with van der Waals surface area (Å²) in [7, 11) is 2.06. The number of nitrogens with one attached hydrogen (secondary N) is 2. The van der Waals surface area contributed by atoms with Gasteiger partial charge in [0.1, 0.15) is 0 Å². The van der Waals surface area contributed by atoms with E-state index in [0.29, 0.717) is 12.2 Å². The van der Waals surface area contributed by atoms with Crippen molar-refractivity contribution in [3.8, 4) is 0 Å². The predicted octanol–water partition coefficient (Wildman–Crippen LogP) is 4.38. The molecule has 4 aliphatic rings. The van der Waals surface area contributed by atoms with E-state index in [0.717, 1.165) is 48.3 Å². The van der Waals surface area contributed by atoms with E-state index in [9.17, 15) is 4.79 Å². The Kier molecular flexibility index (Phi) is 3.83. The molecule has 1 spiro atoms. The lowest BCUT2D eigenvalue weighted by Gasteiger charge is -2.37. The Morgan fingerprint density at radius 3 is 3.00 bits per heavy atom. The molecule has 1 aromatic rings. The number of nitrogens with zero attached hydrogens (tertiary/aromatic N) is 1. The van der Waals surface area contributed by atoms with E-state index in [1.807, 2.05) is 13.0 Å². The fourth-order valence-corrected chi connectivity index (χ4v) is 5.00. The molecule has 1 aromatic carbocycles. The van der Waals surface area contributed by atoms with Gasteiger partial charge in [-0.3, -0.25) is 0 Å². The lowest BCUT2D eigenvalue weighted by molar-refractivity contribution is 0.0525. The van der Waals surface area contributed by atoms with Crippen LogP contribution in [0.15, 0.2) is 41.5 Å². The van der Waals surface area contributed by atoms with E-state index in [1.54, 1.807) is 0 Å². The minimum Gasteiger partial charge on any atom is -0.462 e. The van der Waals surface area contributed by atoms with Crippen LogP contribution in [0, 0.1) is 0 Å². The van der Waals surface area contributed by atoms with Gasteiger partial charge in [-0.1, -0.05) is 24.3 Å². The highest BCUT2D eigenvalue weighted by atomic mass is 16.5.